The Kier molecular flexibility index (Phi) is 5.99. The first-order valence-corrected chi connectivity index (χ1v) is 10.2. The number of carbonyl (C=O) groups excluding carboxylic acids is 2. The molecule has 6 heteroatoms. The Morgan fingerprint density at radius 3 is 2.54 bits per heavy atom. The average molecular weight is 391 g/mol. The number of halogens is 1. The Bertz CT molecular complexity index is 804. The fourth-order valence-corrected chi connectivity index (χ4v) is 4.65. The molecule has 26 heavy (non-hydrogen) atoms. The number of rotatable bonds is 5. The number of thiophene rings is 1. The summed E-state index contributed by atoms with van der Waals surface area (Å²) in [4.78, 5) is 28.8. The summed E-state index contributed by atoms with van der Waals surface area (Å²) >= 11 is 7.88. The summed E-state index contributed by atoms with van der Waals surface area (Å²) in [7, 11) is 0. The molecule has 1 N–H and O–H groups in total. The van der Waals surface area contributed by atoms with E-state index >= 15 is 0 Å². The molecule has 0 unspecified atom stereocenters. The van der Waals surface area contributed by atoms with Crippen LogP contribution in [0, 0.1) is 0 Å². The number of anilines is 1. The zero-order valence-corrected chi connectivity index (χ0v) is 16.7. The number of benzene rings is 1. The Balaban J connectivity index is 1.74. The molecule has 138 valence electrons. The number of nitrogens with zero attached hydrogens (tertiary/aromatic N) is 1. The zero-order chi connectivity index (χ0) is 18.7. The minimum absolute atomic E-state index is 0.0937. The van der Waals surface area contributed by atoms with Crippen molar-refractivity contribution in [1.29, 1.82) is 0 Å². The van der Waals surface area contributed by atoms with E-state index in [4.69, 9.17) is 11.6 Å². The molecule has 2 amide bonds. The highest BCUT2D eigenvalue weighted by atomic mass is 35.5. The number of aryl methyl sites for hydroxylation is 2. The molecule has 1 aliphatic rings. The van der Waals surface area contributed by atoms with Crippen LogP contribution in [0.15, 0.2) is 24.3 Å². The van der Waals surface area contributed by atoms with Gasteiger partial charge in [0.2, 0.25) is 0 Å². The largest absolute Gasteiger partial charge is 0.339 e. The Morgan fingerprint density at radius 1 is 1.15 bits per heavy atom. The maximum Gasteiger partial charge on any atom is 0.265 e. The molecule has 1 heterocycles. The van der Waals surface area contributed by atoms with Crippen LogP contribution < -0.4 is 5.32 Å². The minimum atomic E-state index is -0.122. The predicted molar refractivity (Wildman–Crippen MR) is 108 cm³/mol. The molecule has 2 aromatic rings. The summed E-state index contributed by atoms with van der Waals surface area (Å²) in [6.07, 6.45) is 4.53. The summed E-state index contributed by atoms with van der Waals surface area (Å²) < 4.78 is 0. The molecule has 1 aromatic carbocycles. The lowest BCUT2D eigenvalue weighted by Gasteiger charge is -2.19. The van der Waals surface area contributed by atoms with Gasteiger partial charge in [-0.05, 0) is 69.4 Å². The van der Waals surface area contributed by atoms with Gasteiger partial charge in [0.1, 0.15) is 0 Å². The van der Waals surface area contributed by atoms with E-state index in [0.717, 1.165) is 17.7 Å². The fraction of sp³-hybridized carbons (Fsp3) is 0.400. The number of hydrogen-bond donors (Lipinski definition) is 1. The van der Waals surface area contributed by atoms with Gasteiger partial charge >= 0.3 is 0 Å². The molecule has 0 aliphatic heterocycles. The van der Waals surface area contributed by atoms with Crippen molar-refractivity contribution in [3.8, 4) is 0 Å². The van der Waals surface area contributed by atoms with Crippen LogP contribution in [0.25, 0.3) is 0 Å². The highest BCUT2D eigenvalue weighted by Crippen LogP contribution is 2.30. The van der Waals surface area contributed by atoms with Crippen molar-refractivity contribution in [3.05, 3.63) is 50.2 Å². The molecule has 0 spiro atoms. The maximum atomic E-state index is 12.5. The molecule has 0 saturated carbocycles. The van der Waals surface area contributed by atoms with Crippen molar-refractivity contribution < 1.29 is 9.59 Å². The Morgan fingerprint density at radius 2 is 1.88 bits per heavy atom. The summed E-state index contributed by atoms with van der Waals surface area (Å²) in [5.41, 5.74) is 2.37. The third-order valence-corrected chi connectivity index (χ3v) is 6.28. The van der Waals surface area contributed by atoms with E-state index in [1.807, 2.05) is 19.9 Å². The fourth-order valence-electron chi connectivity index (χ4n) is 3.24. The third-order valence-electron chi connectivity index (χ3n) is 4.73. The second-order valence-corrected chi connectivity index (χ2v) is 7.94. The lowest BCUT2D eigenvalue weighted by Crippen LogP contribution is -2.30. The van der Waals surface area contributed by atoms with Crippen molar-refractivity contribution in [3.63, 3.8) is 0 Å². The first kappa shape index (κ1) is 18.9. The van der Waals surface area contributed by atoms with Gasteiger partial charge in [0, 0.05) is 23.7 Å². The van der Waals surface area contributed by atoms with Crippen molar-refractivity contribution in [2.45, 2.75) is 39.5 Å². The topological polar surface area (TPSA) is 49.4 Å². The van der Waals surface area contributed by atoms with Crippen LogP contribution in [0.4, 0.5) is 5.69 Å². The molecule has 0 atom stereocenters. The van der Waals surface area contributed by atoms with Gasteiger partial charge in [0.25, 0.3) is 11.8 Å². The monoisotopic (exact) mass is 390 g/mol. The van der Waals surface area contributed by atoms with Gasteiger partial charge in [-0.15, -0.1) is 11.3 Å². The number of nitrogens with one attached hydrogen (secondary N) is 1. The summed E-state index contributed by atoms with van der Waals surface area (Å²) in [5.74, 6) is -0.216. The minimum Gasteiger partial charge on any atom is -0.339 e. The van der Waals surface area contributed by atoms with E-state index in [2.05, 4.69) is 5.32 Å². The van der Waals surface area contributed by atoms with Gasteiger partial charge in [-0.3, -0.25) is 9.59 Å². The van der Waals surface area contributed by atoms with Crippen LogP contribution in [-0.2, 0) is 12.8 Å². The van der Waals surface area contributed by atoms with Crippen LogP contribution in [0.2, 0.25) is 5.02 Å². The van der Waals surface area contributed by atoms with Gasteiger partial charge in [-0.1, -0.05) is 11.6 Å². The average Bonchev–Trinajstić information content (AvgIpc) is 3.07. The van der Waals surface area contributed by atoms with Crippen molar-refractivity contribution in [1.82, 2.24) is 4.90 Å². The van der Waals surface area contributed by atoms with E-state index in [-0.39, 0.29) is 11.8 Å². The van der Waals surface area contributed by atoms with Crippen LogP contribution >= 0.6 is 22.9 Å². The second-order valence-electron chi connectivity index (χ2n) is 6.39. The highest BCUT2D eigenvalue weighted by Gasteiger charge is 2.19. The Labute approximate surface area is 163 Å². The molecule has 3 rings (SSSR count). The van der Waals surface area contributed by atoms with E-state index < -0.39 is 0 Å². The molecule has 0 saturated heterocycles. The lowest BCUT2D eigenvalue weighted by molar-refractivity contribution is 0.0773. The van der Waals surface area contributed by atoms with Crippen LogP contribution in [0.1, 0.15) is 57.2 Å². The number of hydrogen-bond acceptors (Lipinski definition) is 3. The van der Waals surface area contributed by atoms with E-state index in [9.17, 15) is 9.59 Å². The smallest absolute Gasteiger partial charge is 0.265 e. The first-order valence-electron chi connectivity index (χ1n) is 9.05. The van der Waals surface area contributed by atoms with Crippen LogP contribution in [-0.4, -0.2) is 29.8 Å². The molecule has 0 fully saturated rings. The molecule has 1 aromatic heterocycles. The normalized spacial score (nSPS) is 13.2. The highest BCUT2D eigenvalue weighted by molar-refractivity contribution is 7.14. The van der Waals surface area contributed by atoms with Crippen molar-refractivity contribution >= 4 is 40.4 Å². The standard InChI is InChI=1S/C20H23ClN2O2S/c1-3-23(4-2)20(25)15-10-9-14(12-16(15)21)22-19(24)18-11-13-7-5-6-8-17(13)26-18/h9-12H,3-8H2,1-2H3,(H,22,24). The number of fused-ring (bicyclic) bond motifs is 1. The quantitative estimate of drug-likeness (QED) is 0.779. The van der Waals surface area contributed by atoms with Gasteiger partial charge in [-0.2, -0.15) is 0 Å². The molecular weight excluding hydrogens is 368 g/mol. The maximum absolute atomic E-state index is 12.5. The van der Waals surface area contributed by atoms with Gasteiger partial charge in [0.15, 0.2) is 0 Å². The molecular formula is C20H23ClN2O2S. The predicted octanol–water partition coefficient (Wildman–Crippen LogP) is 5.01. The van der Waals surface area contributed by atoms with Crippen LogP contribution in [0.3, 0.4) is 0 Å². The Hall–Kier alpha value is -1.85. The summed E-state index contributed by atoms with van der Waals surface area (Å²) in [5, 5.41) is 3.25. The number of carbonyl (C=O) groups is 2. The molecule has 0 bridgehead atoms. The number of amides is 2. The van der Waals surface area contributed by atoms with Crippen LogP contribution in [0.5, 0.6) is 0 Å². The molecule has 0 radical (unpaired) electrons. The SMILES string of the molecule is CCN(CC)C(=O)c1ccc(NC(=O)c2cc3c(s2)CCCC3)cc1Cl. The molecule has 4 nitrogen and oxygen atoms in total. The van der Waals surface area contributed by atoms with E-state index in [0.29, 0.717) is 29.4 Å². The second kappa shape index (κ2) is 8.23. The lowest BCUT2D eigenvalue weighted by atomic mass is 9.99. The van der Waals surface area contributed by atoms with Gasteiger partial charge in [-0.25, -0.2) is 0 Å². The van der Waals surface area contributed by atoms with E-state index in [1.165, 1.54) is 23.3 Å². The van der Waals surface area contributed by atoms with Gasteiger partial charge < -0.3 is 10.2 Å². The molecule has 1 aliphatic carbocycles. The van der Waals surface area contributed by atoms with Gasteiger partial charge in [0.05, 0.1) is 15.5 Å². The zero-order valence-electron chi connectivity index (χ0n) is 15.1. The van der Waals surface area contributed by atoms with E-state index in [1.54, 1.807) is 34.4 Å². The van der Waals surface area contributed by atoms with Crippen molar-refractivity contribution in [2.75, 3.05) is 18.4 Å². The summed E-state index contributed by atoms with van der Waals surface area (Å²) in [6.45, 7) is 5.13. The van der Waals surface area contributed by atoms with Crippen molar-refractivity contribution in [2.24, 2.45) is 0 Å². The summed E-state index contributed by atoms with van der Waals surface area (Å²) in [6, 6.07) is 7.06. The third kappa shape index (κ3) is 3.94. The first-order chi connectivity index (χ1) is 12.5.